The minimum absolute atomic E-state index is 0.182. The summed E-state index contributed by atoms with van der Waals surface area (Å²) in [4.78, 5) is 9.36. The van der Waals surface area contributed by atoms with Crippen LogP contribution in [0.1, 0.15) is 42.6 Å². The fraction of sp³-hybridized carbons (Fsp3) is 0.458. The number of aromatic nitrogens is 3. The molecular weight excluding hydrogens is 391 g/mol. The van der Waals surface area contributed by atoms with Gasteiger partial charge in [0.2, 0.25) is 0 Å². The summed E-state index contributed by atoms with van der Waals surface area (Å²) in [5, 5.41) is 14.0. The number of pyridine rings is 1. The minimum Gasteiger partial charge on any atom is -0.361 e. The second kappa shape index (κ2) is 8.75. The second-order valence-electron chi connectivity index (χ2n) is 8.75. The molecule has 0 unspecified atom stereocenters. The van der Waals surface area contributed by atoms with E-state index >= 15 is 0 Å². The molecule has 0 radical (unpaired) electrons. The van der Waals surface area contributed by atoms with E-state index in [1.807, 2.05) is 32.2 Å². The number of rotatable bonds is 5. The smallest absolute Gasteiger partial charge is 0.157 e. The summed E-state index contributed by atoms with van der Waals surface area (Å²) in [6.07, 6.45) is 4.13. The molecule has 0 aliphatic carbocycles. The summed E-state index contributed by atoms with van der Waals surface area (Å²) in [5.74, 6) is 1.42. The van der Waals surface area contributed by atoms with E-state index in [0.29, 0.717) is 23.0 Å². The van der Waals surface area contributed by atoms with Crippen LogP contribution in [0.5, 0.6) is 0 Å². The highest BCUT2D eigenvalue weighted by Crippen LogP contribution is 2.30. The molecule has 7 heteroatoms. The van der Waals surface area contributed by atoms with Crippen molar-refractivity contribution >= 4 is 22.4 Å². The Hall–Kier alpha value is -2.80. The molecule has 3 heterocycles. The Kier molecular flexibility index (Phi) is 6.05. The third-order valence-corrected chi connectivity index (χ3v) is 6.39. The van der Waals surface area contributed by atoms with Crippen LogP contribution in [0.3, 0.4) is 0 Å². The maximum absolute atomic E-state index is 14.6. The first-order chi connectivity index (χ1) is 14.8. The predicted octanol–water partition coefficient (Wildman–Crippen LogP) is 4.48. The largest absolute Gasteiger partial charge is 0.361 e. The fourth-order valence-corrected chi connectivity index (χ4v) is 4.34. The summed E-state index contributed by atoms with van der Waals surface area (Å²) in [5.41, 5.74) is 2.09. The zero-order valence-electron chi connectivity index (χ0n) is 19.0. The Balaban J connectivity index is 1.64. The summed E-state index contributed by atoms with van der Waals surface area (Å²) in [7, 11) is 4.29. The molecule has 1 N–H and O–H groups in total. The van der Waals surface area contributed by atoms with E-state index in [4.69, 9.17) is 4.98 Å². The Morgan fingerprint density at radius 3 is 2.58 bits per heavy atom. The summed E-state index contributed by atoms with van der Waals surface area (Å²) < 4.78 is 14.6. The first-order valence-electron chi connectivity index (χ1n) is 10.9. The highest BCUT2D eigenvalue weighted by atomic mass is 19.1. The highest BCUT2D eigenvalue weighted by molar-refractivity contribution is 5.94. The van der Waals surface area contributed by atoms with Gasteiger partial charge in [-0.3, -0.25) is 0 Å². The number of hydrogen-bond donors (Lipinski definition) is 1. The number of hydrogen-bond acceptors (Lipinski definition) is 6. The van der Waals surface area contributed by atoms with Crippen molar-refractivity contribution in [3.05, 3.63) is 53.1 Å². The van der Waals surface area contributed by atoms with Crippen molar-refractivity contribution in [2.45, 2.75) is 45.7 Å². The van der Waals surface area contributed by atoms with Crippen LogP contribution in [0.4, 0.5) is 16.0 Å². The maximum Gasteiger partial charge on any atom is 0.157 e. The van der Waals surface area contributed by atoms with Gasteiger partial charge in [0.1, 0.15) is 11.6 Å². The van der Waals surface area contributed by atoms with Crippen LogP contribution in [0.15, 0.2) is 30.5 Å². The van der Waals surface area contributed by atoms with Crippen molar-refractivity contribution in [2.24, 2.45) is 0 Å². The Morgan fingerprint density at radius 2 is 1.87 bits per heavy atom. The van der Waals surface area contributed by atoms with E-state index in [2.05, 4.69) is 45.5 Å². The van der Waals surface area contributed by atoms with Crippen molar-refractivity contribution in [3.63, 3.8) is 0 Å². The molecule has 0 saturated carbocycles. The predicted molar refractivity (Wildman–Crippen MR) is 124 cm³/mol. The molecule has 2 aromatic heterocycles. The van der Waals surface area contributed by atoms with Crippen LogP contribution in [-0.2, 0) is 0 Å². The highest BCUT2D eigenvalue weighted by Gasteiger charge is 2.22. The van der Waals surface area contributed by atoms with Gasteiger partial charge in [-0.1, -0.05) is 18.2 Å². The SMILES string of the molecule is Cc1cccc([C@@H](C)Nc2nnc(C)c3cnc(N4CCC(N(C)C)CC4)cc23)c1F. The number of nitrogens with one attached hydrogen (secondary N) is 1. The van der Waals surface area contributed by atoms with Gasteiger partial charge in [-0.25, -0.2) is 9.37 Å². The van der Waals surface area contributed by atoms with Gasteiger partial charge in [0.15, 0.2) is 5.82 Å². The number of benzene rings is 1. The lowest BCUT2D eigenvalue weighted by atomic mass is 10.0. The number of aryl methyl sites for hydroxylation is 2. The van der Waals surface area contributed by atoms with Gasteiger partial charge in [-0.05, 0) is 59.3 Å². The molecule has 1 aliphatic rings. The lowest BCUT2D eigenvalue weighted by Crippen LogP contribution is -2.42. The van der Waals surface area contributed by atoms with E-state index in [-0.39, 0.29) is 11.9 Å². The zero-order valence-corrected chi connectivity index (χ0v) is 19.0. The molecule has 1 aromatic carbocycles. The van der Waals surface area contributed by atoms with Crippen LogP contribution in [0, 0.1) is 19.7 Å². The molecule has 1 aliphatic heterocycles. The van der Waals surface area contributed by atoms with Gasteiger partial charge in [-0.15, -0.1) is 5.10 Å². The number of fused-ring (bicyclic) bond motifs is 1. The Morgan fingerprint density at radius 1 is 1.13 bits per heavy atom. The third kappa shape index (κ3) is 4.32. The van der Waals surface area contributed by atoms with Gasteiger partial charge in [0.25, 0.3) is 0 Å². The molecule has 31 heavy (non-hydrogen) atoms. The van der Waals surface area contributed by atoms with Crippen LogP contribution in [0.2, 0.25) is 0 Å². The molecule has 6 nitrogen and oxygen atoms in total. The molecule has 0 amide bonds. The van der Waals surface area contributed by atoms with Gasteiger partial charge in [0.05, 0.1) is 11.7 Å². The standard InChI is InChI=1S/C24H31FN6/c1-15-7-6-8-19(23(15)25)16(2)27-24-20-13-22(26-14-21(20)17(3)28-29-24)31-11-9-18(10-12-31)30(4)5/h6-8,13-14,16,18H,9-12H2,1-5H3,(H,27,29)/t16-/m1/s1. The molecule has 4 rings (SSSR count). The molecule has 3 aromatic rings. The monoisotopic (exact) mass is 422 g/mol. The van der Waals surface area contributed by atoms with Crippen molar-refractivity contribution < 1.29 is 4.39 Å². The second-order valence-corrected chi connectivity index (χ2v) is 8.75. The van der Waals surface area contributed by atoms with Crippen molar-refractivity contribution in [1.82, 2.24) is 20.1 Å². The van der Waals surface area contributed by atoms with Crippen LogP contribution < -0.4 is 10.2 Å². The van der Waals surface area contributed by atoms with Crippen molar-refractivity contribution in [3.8, 4) is 0 Å². The Bertz CT molecular complexity index is 1080. The van der Waals surface area contributed by atoms with E-state index in [1.54, 1.807) is 13.0 Å². The summed E-state index contributed by atoms with van der Waals surface area (Å²) in [6.45, 7) is 7.62. The van der Waals surface area contributed by atoms with Crippen molar-refractivity contribution in [1.29, 1.82) is 0 Å². The summed E-state index contributed by atoms with van der Waals surface area (Å²) >= 11 is 0. The lowest BCUT2D eigenvalue weighted by molar-refractivity contribution is 0.249. The third-order valence-electron chi connectivity index (χ3n) is 6.39. The molecule has 1 fully saturated rings. The quantitative estimate of drug-likeness (QED) is 0.654. The van der Waals surface area contributed by atoms with Crippen LogP contribution in [0.25, 0.3) is 10.8 Å². The molecule has 0 bridgehead atoms. The van der Waals surface area contributed by atoms with Crippen molar-refractivity contribution in [2.75, 3.05) is 37.4 Å². The molecule has 1 saturated heterocycles. The molecular formula is C24H31FN6. The maximum atomic E-state index is 14.6. The zero-order chi connectivity index (χ0) is 22.1. The van der Waals surface area contributed by atoms with E-state index in [0.717, 1.165) is 48.2 Å². The van der Waals surface area contributed by atoms with Crippen LogP contribution in [-0.4, -0.2) is 53.3 Å². The number of nitrogens with zero attached hydrogens (tertiary/aromatic N) is 5. The fourth-order valence-electron chi connectivity index (χ4n) is 4.34. The average molecular weight is 423 g/mol. The first kappa shape index (κ1) is 21.4. The number of piperidine rings is 1. The molecule has 1 atom stereocenters. The van der Waals surface area contributed by atoms with E-state index < -0.39 is 0 Å². The topological polar surface area (TPSA) is 57.2 Å². The van der Waals surface area contributed by atoms with Gasteiger partial charge < -0.3 is 15.1 Å². The molecule has 164 valence electrons. The van der Waals surface area contributed by atoms with E-state index in [1.165, 1.54) is 0 Å². The van der Waals surface area contributed by atoms with Gasteiger partial charge >= 0.3 is 0 Å². The first-order valence-corrected chi connectivity index (χ1v) is 10.9. The lowest BCUT2D eigenvalue weighted by Gasteiger charge is -2.36. The van der Waals surface area contributed by atoms with E-state index in [9.17, 15) is 4.39 Å². The normalized spacial score (nSPS) is 16.2. The average Bonchev–Trinajstić information content (AvgIpc) is 2.77. The van der Waals surface area contributed by atoms with Gasteiger partial charge in [0, 0.05) is 41.7 Å². The number of halogens is 1. The summed E-state index contributed by atoms with van der Waals surface area (Å²) in [6, 6.07) is 7.94. The minimum atomic E-state index is -0.243. The Labute approximate surface area is 183 Å². The number of anilines is 2. The molecule has 0 spiro atoms. The van der Waals surface area contributed by atoms with Crippen LogP contribution >= 0.6 is 0 Å². The van der Waals surface area contributed by atoms with Gasteiger partial charge in [-0.2, -0.15) is 5.10 Å².